The first-order chi connectivity index (χ1) is 14.8. The zero-order valence-corrected chi connectivity index (χ0v) is 18.0. The van der Waals surface area contributed by atoms with E-state index in [1.807, 2.05) is 13.8 Å². The van der Waals surface area contributed by atoms with Crippen LogP contribution in [0.1, 0.15) is 55.9 Å². The predicted molar refractivity (Wildman–Crippen MR) is 115 cm³/mol. The molecule has 1 saturated heterocycles. The van der Waals surface area contributed by atoms with Gasteiger partial charge in [-0.25, -0.2) is 9.18 Å². The van der Waals surface area contributed by atoms with Crippen LogP contribution in [0.25, 0.3) is 10.9 Å². The van der Waals surface area contributed by atoms with Gasteiger partial charge in [0, 0.05) is 25.3 Å². The Bertz CT molecular complexity index is 1040. The average Bonchev–Trinajstić information content (AvgIpc) is 3.61. The fourth-order valence-corrected chi connectivity index (χ4v) is 4.03. The highest BCUT2D eigenvalue weighted by Crippen LogP contribution is 2.44. The number of hydrogen-bond donors (Lipinski definition) is 3. The maximum atomic E-state index is 15.2. The number of aliphatic hydroxyl groups is 2. The topological polar surface area (TPSA) is 112 Å². The molecule has 9 heteroatoms. The Labute approximate surface area is 179 Å². The third-order valence-corrected chi connectivity index (χ3v) is 5.88. The summed E-state index contributed by atoms with van der Waals surface area (Å²) in [5, 5.41) is 29.0. The number of fused-ring (bicyclic) bond motifs is 1. The SMILES string of the molecule is CC.COc1c(N2CCC(O)(CO)CC2)c(F)cc2c(=O)c(C(=O)O)cn(C3CC3)c12. The zero-order chi connectivity index (χ0) is 22.9. The number of aromatic nitrogens is 1. The minimum absolute atomic E-state index is 0.0289. The van der Waals surface area contributed by atoms with E-state index in [0.717, 1.165) is 18.9 Å². The van der Waals surface area contributed by atoms with Crippen LogP contribution in [0.3, 0.4) is 0 Å². The van der Waals surface area contributed by atoms with Gasteiger partial charge in [0.1, 0.15) is 11.3 Å². The van der Waals surface area contributed by atoms with E-state index in [4.69, 9.17) is 4.74 Å². The van der Waals surface area contributed by atoms with Crippen LogP contribution in [0, 0.1) is 5.82 Å². The minimum atomic E-state index is -1.35. The summed E-state index contributed by atoms with van der Waals surface area (Å²) < 4.78 is 22.4. The van der Waals surface area contributed by atoms with Crippen molar-refractivity contribution in [3.8, 4) is 5.75 Å². The van der Waals surface area contributed by atoms with Gasteiger partial charge in [-0.05, 0) is 31.7 Å². The number of benzene rings is 1. The molecule has 0 atom stereocenters. The molecule has 0 amide bonds. The molecule has 1 aliphatic heterocycles. The number of aliphatic hydroxyl groups excluding tert-OH is 1. The number of piperidine rings is 1. The van der Waals surface area contributed by atoms with Crippen LogP contribution in [0.5, 0.6) is 5.75 Å². The lowest BCUT2D eigenvalue weighted by molar-refractivity contribution is -0.0326. The van der Waals surface area contributed by atoms with Gasteiger partial charge >= 0.3 is 5.97 Å². The summed E-state index contributed by atoms with van der Waals surface area (Å²) in [6.45, 7) is 4.24. The van der Waals surface area contributed by atoms with Crippen molar-refractivity contribution in [2.45, 2.75) is 51.2 Å². The summed E-state index contributed by atoms with van der Waals surface area (Å²) in [6, 6.07) is 1.11. The summed E-state index contributed by atoms with van der Waals surface area (Å²) in [6.07, 6.45) is 3.50. The van der Waals surface area contributed by atoms with Crippen molar-refractivity contribution in [1.29, 1.82) is 0 Å². The normalized spacial score (nSPS) is 17.8. The minimum Gasteiger partial charge on any atom is -0.492 e. The summed E-state index contributed by atoms with van der Waals surface area (Å²) in [7, 11) is 1.39. The van der Waals surface area contributed by atoms with Crippen LogP contribution in [0.2, 0.25) is 0 Å². The number of nitrogens with zero attached hydrogens (tertiary/aromatic N) is 2. The van der Waals surface area contributed by atoms with Gasteiger partial charge < -0.3 is 29.5 Å². The van der Waals surface area contributed by atoms with E-state index in [0.29, 0.717) is 18.6 Å². The second-order valence-corrected chi connectivity index (χ2v) is 7.82. The molecular formula is C22H29FN2O6. The fraction of sp³-hybridized carbons (Fsp3) is 0.545. The van der Waals surface area contributed by atoms with E-state index in [2.05, 4.69) is 0 Å². The highest BCUT2D eigenvalue weighted by molar-refractivity contribution is 5.97. The van der Waals surface area contributed by atoms with E-state index in [9.17, 15) is 24.9 Å². The number of methoxy groups -OCH3 is 1. The number of carboxylic acid groups (broad SMARTS) is 1. The molecule has 1 aromatic carbocycles. The van der Waals surface area contributed by atoms with Crippen molar-refractivity contribution in [3.63, 3.8) is 0 Å². The number of halogens is 1. The Morgan fingerprint density at radius 1 is 1.29 bits per heavy atom. The van der Waals surface area contributed by atoms with Gasteiger partial charge in [0.15, 0.2) is 11.6 Å². The first-order valence-electron chi connectivity index (χ1n) is 10.6. The molecule has 4 rings (SSSR count). The largest absolute Gasteiger partial charge is 0.492 e. The Morgan fingerprint density at radius 3 is 2.39 bits per heavy atom. The van der Waals surface area contributed by atoms with E-state index in [-0.39, 0.29) is 42.3 Å². The van der Waals surface area contributed by atoms with Crippen LogP contribution in [-0.2, 0) is 0 Å². The van der Waals surface area contributed by atoms with Crippen molar-refractivity contribution in [1.82, 2.24) is 4.57 Å². The second kappa shape index (κ2) is 8.84. The summed E-state index contributed by atoms with van der Waals surface area (Å²) >= 11 is 0. The molecule has 0 spiro atoms. The summed E-state index contributed by atoms with van der Waals surface area (Å²) in [5.41, 5.74) is -1.78. The molecule has 3 N–H and O–H groups in total. The zero-order valence-electron chi connectivity index (χ0n) is 18.0. The highest BCUT2D eigenvalue weighted by atomic mass is 19.1. The Hall–Kier alpha value is -2.65. The van der Waals surface area contributed by atoms with Gasteiger partial charge in [-0.2, -0.15) is 0 Å². The molecule has 2 heterocycles. The molecule has 31 heavy (non-hydrogen) atoms. The highest BCUT2D eigenvalue weighted by Gasteiger charge is 2.35. The number of ether oxygens (including phenoxy) is 1. The lowest BCUT2D eigenvalue weighted by Gasteiger charge is -2.39. The lowest BCUT2D eigenvalue weighted by Crippen LogP contribution is -2.47. The van der Waals surface area contributed by atoms with Crippen LogP contribution >= 0.6 is 0 Å². The van der Waals surface area contributed by atoms with Gasteiger partial charge in [0.05, 0.1) is 30.2 Å². The number of carboxylic acids is 1. The van der Waals surface area contributed by atoms with E-state index in [1.165, 1.54) is 13.3 Å². The van der Waals surface area contributed by atoms with Gasteiger partial charge in [0.2, 0.25) is 5.43 Å². The summed E-state index contributed by atoms with van der Waals surface area (Å²) in [5.74, 6) is -1.87. The Kier molecular flexibility index (Phi) is 6.56. The first-order valence-corrected chi connectivity index (χ1v) is 10.6. The van der Waals surface area contributed by atoms with Gasteiger partial charge in [0.25, 0.3) is 0 Å². The molecule has 2 aliphatic rings. The number of rotatable bonds is 5. The van der Waals surface area contributed by atoms with Crippen LogP contribution in [-0.4, -0.2) is 58.3 Å². The van der Waals surface area contributed by atoms with Crippen molar-refractivity contribution < 1.29 is 29.2 Å². The third-order valence-electron chi connectivity index (χ3n) is 5.88. The van der Waals surface area contributed by atoms with E-state index in [1.54, 1.807) is 9.47 Å². The molecule has 2 fully saturated rings. The van der Waals surface area contributed by atoms with Crippen LogP contribution in [0.4, 0.5) is 10.1 Å². The van der Waals surface area contributed by atoms with Crippen molar-refractivity contribution >= 4 is 22.6 Å². The number of pyridine rings is 1. The smallest absolute Gasteiger partial charge is 0.341 e. The third kappa shape index (κ3) is 4.12. The maximum absolute atomic E-state index is 15.2. The van der Waals surface area contributed by atoms with Crippen molar-refractivity contribution in [3.05, 3.63) is 33.9 Å². The molecule has 8 nitrogen and oxygen atoms in total. The number of anilines is 1. The monoisotopic (exact) mass is 436 g/mol. The molecule has 0 bridgehead atoms. The Balaban J connectivity index is 0.00000132. The lowest BCUT2D eigenvalue weighted by atomic mass is 9.92. The fourth-order valence-electron chi connectivity index (χ4n) is 4.03. The standard InChI is InChI=1S/C20H23FN2O6.C2H6/c1-29-18-15-12(17(25)13(19(26)27)9-23(15)11-2-3-11)8-14(21)16(18)22-6-4-20(28,10-24)5-7-22;1-2/h8-9,11,24,28H,2-7,10H2,1H3,(H,26,27);1-2H3. The molecule has 1 aliphatic carbocycles. The second-order valence-electron chi connectivity index (χ2n) is 7.82. The molecule has 0 radical (unpaired) electrons. The molecule has 1 aromatic heterocycles. The van der Waals surface area contributed by atoms with Crippen molar-refractivity contribution in [2.24, 2.45) is 0 Å². The van der Waals surface area contributed by atoms with E-state index < -0.39 is 28.4 Å². The molecule has 0 unspecified atom stereocenters. The van der Waals surface area contributed by atoms with Gasteiger partial charge in [-0.15, -0.1) is 0 Å². The molecular weight excluding hydrogens is 407 g/mol. The first kappa shape index (κ1) is 23.0. The van der Waals surface area contributed by atoms with Crippen LogP contribution in [0.15, 0.2) is 17.1 Å². The summed E-state index contributed by atoms with van der Waals surface area (Å²) in [4.78, 5) is 25.9. The number of carbonyl (C=O) groups is 1. The number of aromatic carboxylic acids is 1. The quantitative estimate of drug-likeness (QED) is 0.660. The van der Waals surface area contributed by atoms with Gasteiger partial charge in [-0.1, -0.05) is 13.8 Å². The van der Waals surface area contributed by atoms with E-state index >= 15 is 4.39 Å². The average molecular weight is 436 g/mol. The predicted octanol–water partition coefficient (Wildman–Crippen LogP) is 2.53. The van der Waals surface area contributed by atoms with Crippen LogP contribution < -0.4 is 15.1 Å². The Morgan fingerprint density at radius 2 is 1.90 bits per heavy atom. The molecule has 1 saturated carbocycles. The van der Waals surface area contributed by atoms with Gasteiger partial charge in [-0.3, -0.25) is 4.79 Å². The number of hydrogen-bond acceptors (Lipinski definition) is 6. The van der Waals surface area contributed by atoms with Crippen molar-refractivity contribution in [2.75, 3.05) is 31.7 Å². The maximum Gasteiger partial charge on any atom is 0.341 e. The molecule has 2 aromatic rings. The molecule has 170 valence electrons.